The highest BCUT2D eigenvalue weighted by molar-refractivity contribution is 6.07. The number of benzene rings is 1. The number of aromatic nitrogens is 1. The summed E-state index contributed by atoms with van der Waals surface area (Å²) in [5.41, 5.74) is 1.35. The Morgan fingerprint density at radius 1 is 1.06 bits per heavy atom. The number of ether oxygens (including phenoxy) is 2. The highest BCUT2D eigenvalue weighted by Gasteiger charge is 2.57. The predicted molar refractivity (Wildman–Crippen MR) is 133 cm³/mol. The van der Waals surface area contributed by atoms with E-state index >= 15 is 0 Å². The largest absolute Gasteiger partial charge is 0.497 e. The fourth-order valence-electron chi connectivity index (χ4n) is 5.26. The van der Waals surface area contributed by atoms with E-state index in [0.717, 1.165) is 37.2 Å². The third-order valence-electron chi connectivity index (χ3n) is 7.46. The predicted octanol–water partition coefficient (Wildman–Crippen LogP) is 3.36. The molecule has 0 radical (unpaired) electrons. The molecule has 35 heavy (non-hydrogen) atoms. The van der Waals surface area contributed by atoms with Gasteiger partial charge in [-0.3, -0.25) is 14.7 Å². The van der Waals surface area contributed by atoms with Gasteiger partial charge in [-0.2, -0.15) is 0 Å². The van der Waals surface area contributed by atoms with E-state index in [4.69, 9.17) is 9.47 Å². The molecule has 0 unspecified atom stereocenters. The van der Waals surface area contributed by atoms with Crippen LogP contribution in [-0.2, 0) is 22.5 Å². The summed E-state index contributed by atoms with van der Waals surface area (Å²) < 4.78 is 10.5. The van der Waals surface area contributed by atoms with Gasteiger partial charge in [-0.25, -0.2) is 4.79 Å². The smallest absolute Gasteiger partial charge is 0.328 e. The minimum Gasteiger partial charge on any atom is -0.497 e. The van der Waals surface area contributed by atoms with E-state index < -0.39 is 5.54 Å². The second kappa shape index (κ2) is 11.2. The summed E-state index contributed by atoms with van der Waals surface area (Å²) in [5.74, 6) is 0.780. The number of imide groups is 1. The van der Waals surface area contributed by atoms with Gasteiger partial charge >= 0.3 is 6.03 Å². The molecular weight excluding hydrogens is 444 g/mol. The van der Waals surface area contributed by atoms with E-state index in [1.54, 1.807) is 31.5 Å². The molecule has 1 aromatic carbocycles. The van der Waals surface area contributed by atoms with Gasteiger partial charge in [0.15, 0.2) is 0 Å². The Balaban J connectivity index is 1.41. The zero-order valence-electron chi connectivity index (χ0n) is 21.0. The molecule has 0 N–H and O–H groups in total. The van der Waals surface area contributed by atoms with Gasteiger partial charge in [-0.15, -0.1) is 0 Å². The quantitative estimate of drug-likeness (QED) is 0.486. The van der Waals surface area contributed by atoms with Gasteiger partial charge in [-0.1, -0.05) is 18.2 Å². The van der Waals surface area contributed by atoms with Gasteiger partial charge in [0.05, 0.1) is 20.3 Å². The van der Waals surface area contributed by atoms with Crippen LogP contribution in [0.4, 0.5) is 4.79 Å². The number of carbonyl (C=O) groups excluding carboxylic acids is 2. The lowest BCUT2D eigenvalue weighted by Crippen LogP contribution is -2.58. The molecule has 1 spiro atoms. The number of piperidine rings is 1. The number of pyridine rings is 1. The van der Waals surface area contributed by atoms with Crippen LogP contribution < -0.4 is 4.74 Å². The number of hydrogen-bond acceptors (Lipinski definition) is 6. The maximum atomic E-state index is 13.7. The highest BCUT2D eigenvalue weighted by Crippen LogP contribution is 2.38. The first-order valence-electron chi connectivity index (χ1n) is 12.4. The third kappa shape index (κ3) is 5.33. The van der Waals surface area contributed by atoms with E-state index in [0.29, 0.717) is 32.0 Å². The van der Waals surface area contributed by atoms with Crippen molar-refractivity contribution in [3.8, 4) is 5.75 Å². The van der Waals surface area contributed by atoms with Crippen molar-refractivity contribution < 1.29 is 19.1 Å². The summed E-state index contributed by atoms with van der Waals surface area (Å²) in [6.45, 7) is 4.89. The van der Waals surface area contributed by atoms with Crippen LogP contribution in [0.15, 0.2) is 48.8 Å². The average Bonchev–Trinajstić information content (AvgIpc) is 3.08. The molecule has 8 heteroatoms. The Labute approximate surface area is 207 Å². The Kier molecular flexibility index (Phi) is 8.03. The van der Waals surface area contributed by atoms with Crippen LogP contribution in [0.2, 0.25) is 0 Å². The SMILES string of the molecule is COCCN1C(=O)N(Cc2cccnc2)C(=O)C12CCN([C@H](C)CCc1ccc(OC)cc1)CC2. The molecule has 188 valence electrons. The van der Waals surface area contributed by atoms with Crippen LogP contribution in [0, 0.1) is 0 Å². The fourth-order valence-corrected chi connectivity index (χ4v) is 5.26. The van der Waals surface area contributed by atoms with Crippen LogP contribution in [0.1, 0.15) is 37.3 Å². The Morgan fingerprint density at radius 3 is 2.43 bits per heavy atom. The molecule has 2 saturated heterocycles. The molecule has 3 heterocycles. The van der Waals surface area contributed by atoms with Crippen molar-refractivity contribution in [2.24, 2.45) is 0 Å². The summed E-state index contributed by atoms with van der Waals surface area (Å²) in [7, 11) is 3.30. The molecular formula is C27H36N4O4. The number of hydrogen-bond donors (Lipinski definition) is 0. The van der Waals surface area contributed by atoms with Crippen LogP contribution in [0.25, 0.3) is 0 Å². The molecule has 0 saturated carbocycles. The summed E-state index contributed by atoms with van der Waals surface area (Å²) in [5, 5.41) is 0. The summed E-state index contributed by atoms with van der Waals surface area (Å²) in [4.78, 5) is 36.8. The first kappa shape index (κ1) is 25.1. The zero-order valence-corrected chi connectivity index (χ0v) is 21.0. The molecule has 2 aromatic rings. The normalized spacial score (nSPS) is 18.9. The summed E-state index contributed by atoms with van der Waals surface area (Å²) in [6.07, 6.45) is 6.69. The number of rotatable bonds is 10. The number of amides is 3. The van der Waals surface area contributed by atoms with E-state index in [2.05, 4.69) is 28.9 Å². The molecule has 2 aliphatic heterocycles. The number of methoxy groups -OCH3 is 2. The van der Waals surface area contributed by atoms with Crippen molar-refractivity contribution in [1.29, 1.82) is 0 Å². The summed E-state index contributed by atoms with van der Waals surface area (Å²) >= 11 is 0. The first-order chi connectivity index (χ1) is 17.0. The van der Waals surface area contributed by atoms with Gasteiger partial charge in [0, 0.05) is 45.2 Å². The molecule has 1 atom stereocenters. The second-order valence-electron chi connectivity index (χ2n) is 9.48. The average molecular weight is 481 g/mol. The maximum Gasteiger partial charge on any atom is 0.328 e. The Morgan fingerprint density at radius 2 is 1.80 bits per heavy atom. The molecule has 4 rings (SSSR count). The Bertz CT molecular complexity index is 990. The van der Waals surface area contributed by atoms with Crippen molar-refractivity contribution in [3.05, 3.63) is 59.9 Å². The third-order valence-corrected chi connectivity index (χ3v) is 7.46. The monoisotopic (exact) mass is 480 g/mol. The fraction of sp³-hybridized carbons (Fsp3) is 0.519. The van der Waals surface area contributed by atoms with Crippen LogP contribution in [0.5, 0.6) is 5.75 Å². The lowest BCUT2D eigenvalue weighted by molar-refractivity contribution is -0.136. The molecule has 3 amide bonds. The topological polar surface area (TPSA) is 75.2 Å². The molecule has 8 nitrogen and oxygen atoms in total. The molecule has 2 fully saturated rings. The summed E-state index contributed by atoms with van der Waals surface area (Å²) in [6, 6.07) is 12.1. The van der Waals surface area contributed by atoms with Crippen LogP contribution in [0.3, 0.4) is 0 Å². The van der Waals surface area contributed by atoms with Crippen LogP contribution in [-0.4, -0.2) is 83.7 Å². The lowest BCUT2D eigenvalue weighted by Gasteiger charge is -2.44. The van der Waals surface area contributed by atoms with Crippen molar-refractivity contribution in [1.82, 2.24) is 19.7 Å². The molecule has 2 aliphatic rings. The van der Waals surface area contributed by atoms with Gasteiger partial charge < -0.3 is 19.3 Å². The number of aryl methyl sites for hydroxylation is 1. The number of nitrogens with zero attached hydrogens (tertiary/aromatic N) is 4. The van der Waals surface area contributed by atoms with Crippen molar-refractivity contribution >= 4 is 11.9 Å². The second-order valence-corrected chi connectivity index (χ2v) is 9.48. The van der Waals surface area contributed by atoms with Crippen molar-refractivity contribution in [3.63, 3.8) is 0 Å². The van der Waals surface area contributed by atoms with Gasteiger partial charge in [0.1, 0.15) is 11.3 Å². The number of carbonyl (C=O) groups is 2. The number of urea groups is 1. The van der Waals surface area contributed by atoms with Gasteiger partial charge in [0.2, 0.25) is 0 Å². The standard InChI is InChI=1S/C27H36N4O4/c1-21(6-7-22-8-10-24(35-3)11-9-22)29-15-12-27(13-16-29)25(32)30(20-23-5-4-14-28-19-23)26(33)31(27)17-18-34-2/h4-5,8-11,14,19,21H,6-7,12-13,15-18,20H2,1-3H3/t21-/m1/s1. The molecule has 1 aromatic heterocycles. The van der Waals surface area contributed by atoms with E-state index in [-0.39, 0.29) is 18.5 Å². The zero-order chi connectivity index (χ0) is 24.8. The van der Waals surface area contributed by atoms with E-state index in [9.17, 15) is 9.59 Å². The van der Waals surface area contributed by atoms with Crippen molar-refractivity contribution in [2.75, 3.05) is 40.5 Å². The minimum atomic E-state index is -0.788. The highest BCUT2D eigenvalue weighted by atomic mass is 16.5. The van der Waals surface area contributed by atoms with Gasteiger partial charge in [0.25, 0.3) is 5.91 Å². The van der Waals surface area contributed by atoms with Crippen LogP contribution >= 0.6 is 0 Å². The van der Waals surface area contributed by atoms with E-state index in [1.807, 2.05) is 24.3 Å². The van der Waals surface area contributed by atoms with Gasteiger partial charge in [-0.05, 0) is 61.9 Å². The van der Waals surface area contributed by atoms with Crippen molar-refractivity contribution in [2.45, 2.75) is 50.7 Å². The Hall–Kier alpha value is -2.97. The minimum absolute atomic E-state index is 0.0898. The maximum absolute atomic E-state index is 13.7. The lowest BCUT2D eigenvalue weighted by atomic mass is 9.85. The number of likely N-dealkylation sites (tertiary alicyclic amines) is 1. The van der Waals surface area contributed by atoms with E-state index in [1.165, 1.54) is 10.5 Å². The first-order valence-corrected chi connectivity index (χ1v) is 12.4. The molecule has 0 aliphatic carbocycles. The molecule has 0 bridgehead atoms.